The number of rotatable bonds is 3. The second kappa shape index (κ2) is 7.35. The molecule has 1 fully saturated rings. The van der Waals surface area contributed by atoms with Gasteiger partial charge in [0.25, 0.3) is 5.91 Å². The van der Waals surface area contributed by atoms with Gasteiger partial charge in [-0.2, -0.15) is 4.98 Å². The summed E-state index contributed by atoms with van der Waals surface area (Å²) in [5, 5.41) is 4.14. The minimum atomic E-state index is 0.0676. The molecule has 3 aromatic rings. The van der Waals surface area contributed by atoms with Gasteiger partial charge < -0.3 is 9.42 Å². The number of amides is 1. The van der Waals surface area contributed by atoms with E-state index in [9.17, 15) is 4.79 Å². The van der Waals surface area contributed by atoms with Crippen molar-refractivity contribution < 1.29 is 9.32 Å². The van der Waals surface area contributed by atoms with Crippen LogP contribution >= 0.6 is 0 Å². The molecule has 1 saturated heterocycles. The summed E-state index contributed by atoms with van der Waals surface area (Å²) in [4.78, 5) is 19.3. The molecule has 0 saturated carbocycles. The van der Waals surface area contributed by atoms with Crippen molar-refractivity contribution in [1.29, 1.82) is 0 Å². The van der Waals surface area contributed by atoms with E-state index in [1.807, 2.05) is 67.3 Å². The summed E-state index contributed by atoms with van der Waals surface area (Å²) in [5.74, 6) is 1.37. The summed E-state index contributed by atoms with van der Waals surface area (Å²) >= 11 is 0. The molecule has 1 aliphatic heterocycles. The van der Waals surface area contributed by atoms with E-state index in [0.29, 0.717) is 18.3 Å². The molecule has 0 bridgehead atoms. The number of carbonyl (C=O) groups is 1. The largest absolute Gasteiger partial charge is 0.339 e. The number of aromatic nitrogens is 2. The lowest BCUT2D eigenvalue weighted by Crippen LogP contribution is -2.39. The zero-order valence-electron chi connectivity index (χ0n) is 15.7. The predicted molar refractivity (Wildman–Crippen MR) is 104 cm³/mol. The van der Waals surface area contributed by atoms with Crippen molar-refractivity contribution in [2.24, 2.45) is 0 Å². The Morgan fingerprint density at radius 2 is 1.70 bits per heavy atom. The first-order valence-electron chi connectivity index (χ1n) is 9.37. The van der Waals surface area contributed by atoms with Crippen LogP contribution in [0.15, 0.2) is 53.1 Å². The number of hydrogen-bond acceptors (Lipinski definition) is 4. The molecule has 1 amide bonds. The summed E-state index contributed by atoms with van der Waals surface area (Å²) in [6, 6.07) is 15.8. The maximum Gasteiger partial charge on any atom is 0.253 e. The maximum atomic E-state index is 12.8. The molecule has 5 nitrogen and oxygen atoms in total. The summed E-state index contributed by atoms with van der Waals surface area (Å²) < 4.78 is 5.54. The highest BCUT2D eigenvalue weighted by Crippen LogP contribution is 2.28. The van der Waals surface area contributed by atoms with Gasteiger partial charge in [0.1, 0.15) is 0 Å². The van der Waals surface area contributed by atoms with Crippen molar-refractivity contribution in [3.05, 3.63) is 71.1 Å². The summed E-state index contributed by atoms with van der Waals surface area (Å²) in [6.07, 6.45) is 1.89. The molecule has 2 aromatic carbocycles. The Balaban J connectivity index is 1.49. The molecule has 5 heteroatoms. The highest BCUT2D eigenvalue weighted by Gasteiger charge is 2.29. The van der Waals surface area contributed by atoms with Crippen LogP contribution in [-0.2, 0) is 0 Å². The van der Waals surface area contributed by atoms with Gasteiger partial charge in [-0.1, -0.05) is 52.7 Å². The zero-order valence-corrected chi connectivity index (χ0v) is 15.7. The van der Waals surface area contributed by atoms with Gasteiger partial charge in [-0.05, 0) is 38.8 Å². The zero-order chi connectivity index (χ0) is 18.8. The minimum Gasteiger partial charge on any atom is -0.339 e. The molecule has 0 aliphatic carbocycles. The normalized spacial score (nSPS) is 17.1. The van der Waals surface area contributed by atoms with Crippen LogP contribution < -0.4 is 0 Å². The number of likely N-dealkylation sites (tertiary alicyclic amines) is 1. The molecule has 4 rings (SSSR count). The first-order chi connectivity index (χ1) is 13.1. The highest BCUT2D eigenvalue weighted by molar-refractivity contribution is 5.94. The maximum absolute atomic E-state index is 12.8. The van der Waals surface area contributed by atoms with Crippen LogP contribution in [0.3, 0.4) is 0 Å². The van der Waals surface area contributed by atoms with E-state index in [4.69, 9.17) is 4.52 Å². The van der Waals surface area contributed by atoms with E-state index < -0.39 is 0 Å². The molecular weight excluding hydrogens is 338 g/mol. The lowest BCUT2D eigenvalue weighted by atomic mass is 9.97. The molecule has 2 heterocycles. The molecule has 0 N–H and O–H groups in total. The number of aryl methyl sites for hydroxylation is 2. The van der Waals surface area contributed by atoms with Crippen LogP contribution in [0.1, 0.15) is 46.1 Å². The van der Waals surface area contributed by atoms with Crippen LogP contribution in [0.4, 0.5) is 0 Å². The number of hydrogen-bond donors (Lipinski definition) is 0. The number of benzene rings is 2. The summed E-state index contributed by atoms with van der Waals surface area (Å²) in [7, 11) is 0. The number of piperidine rings is 1. The van der Waals surface area contributed by atoms with Crippen molar-refractivity contribution in [1.82, 2.24) is 15.0 Å². The first-order valence-corrected chi connectivity index (χ1v) is 9.37. The average Bonchev–Trinajstić information content (AvgIpc) is 3.19. The van der Waals surface area contributed by atoms with Crippen LogP contribution in [0.25, 0.3) is 11.4 Å². The second-order valence-electron chi connectivity index (χ2n) is 7.28. The predicted octanol–water partition coefficient (Wildman–Crippen LogP) is 4.37. The molecule has 1 aliphatic rings. The van der Waals surface area contributed by atoms with E-state index in [0.717, 1.165) is 36.1 Å². The standard InChI is InChI=1S/C22H23N3O2/c1-15-5-9-17(10-6-15)20-23-21(27-24-20)19-4-3-13-25(14-19)22(26)18-11-7-16(2)8-12-18/h5-12,19H,3-4,13-14H2,1-2H3/t19-/m1/s1. The van der Waals surface area contributed by atoms with Crippen molar-refractivity contribution in [2.75, 3.05) is 13.1 Å². The fourth-order valence-electron chi connectivity index (χ4n) is 3.46. The molecule has 1 aromatic heterocycles. The van der Waals surface area contributed by atoms with Crippen LogP contribution in [-0.4, -0.2) is 34.0 Å². The Hall–Kier alpha value is -2.95. The van der Waals surface area contributed by atoms with E-state index in [2.05, 4.69) is 10.1 Å². The Morgan fingerprint density at radius 1 is 1.04 bits per heavy atom. The Labute approximate surface area is 159 Å². The van der Waals surface area contributed by atoms with Gasteiger partial charge in [-0.15, -0.1) is 0 Å². The highest BCUT2D eigenvalue weighted by atomic mass is 16.5. The molecular formula is C22H23N3O2. The summed E-state index contributed by atoms with van der Waals surface area (Å²) in [5.41, 5.74) is 4.02. The van der Waals surface area contributed by atoms with Gasteiger partial charge in [-0.25, -0.2) is 0 Å². The third-order valence-corrected chi connectivity index (χ3v) is 5.11. The van der Waals surface area contributed by atoms with E-state index in [1.54, 1.807) is 0 Å². The van der Waals surface area contributed by atoms with Gasteiger partial charge in [0.05, 0.1) is 5.92 Å². The van der Waals surface area contributed by atoms with E-state index in [1.165, 1.54) is 5.56 Å². The smallest absolute Gasteiger partial charge is 0.253 e. The fourth-order valence-corrected chi connectivity index (χ4v) is 3.46. The molecule has 1 atom stereocenters. The van der Waals surface area contributed by atoms with Crippen molar-refractivity contribution >= 4 is 5.91 Å². The third-order valence-electron chi connectivity index (χ3n) is 5.11. The van der Waals surface area contributed by atoms with Crippen molar-refractivity contribution in [3.63, 3.8) is 0 Å². The lowest BCUT2D eigenvalue weighted by molar-refractivity contribution is 0.0695. The Morgan fingerprint density at radius 3 is 2.41 bits per heavy atom. The number of nitrogens with zero attached hydrogens (tertiary/aromatic N) is 3. The van der Waals surface area contributed by atoms with Crippen molar-refractivity contribution in [3.8, 4) is 11.4 Å². The first kappa shape index (κ1) is 17.5. The minimum absolute atomic E-state index is 0.0676. The van der Waals surface area contributed by atoms with Gasteiger partial charge in [-0.3, -0.25) is 4.79 Å². The van der Waals surface area contributed by atoms with E-state index >= 15 is 0 Å². The summed E-state index contributed by atoms with van der Waals surface area (Å²) in [6.45, 7) is 5.45. The van der Waals surface area contributed by atoms with Gasteiger partial charge in [0.2, 0.25) is 11.7 Å². The van der Waals surface area contributed by atoms with Gasteiger partial charge >= 0.3 is 0 Å². The second-order valence-corrected chi connectivity index (χ2v) is 7.28. The molecule has 0 spiro atoms. The van der Waals surface area contributed by atoms with E-state index in [-0.39, 0.29) is 11.8 Å². The van der Waals surface area contributed by atoms with Gasteiger partial charge in [0, 0.05) is 24.2 Å². The van der Waals surface area contributed by atoms with Crippen molar-refractivity contribution in [2.45, 2.75) is 32.6 Å². The Bertz CT molecular complexity index is 929. The average molecular weight is 361 g/mol. The lowest BCUT2D eigenvalue weighted by Gasteiger charge is -2.31. The molecule has 0 unspecified atom stereocenters. The van der Waals surface area contributed by atoms with Crippen LogP contribution in [0.5, 0.6) is 0 Å². The monoisotopic (exact) mass is 361 g/mol. The van der Waals surface area contributed by atoms with Crippen LogP contribution in [0.2, 0.25) is 0 Å². The number of carbonyl (C=O) groups excluding carboxylic acids is 1. The van der Waals surface area contributed by atoms with Crippen LogP contribution in [0, 0.1) is 13.8 Å². The molecule has 0 radical (unpaired) electrons. The van der Waals surface area contributed by atoms with Gasteiger partial charge in [0.15, 0.2) is 0 Å². The molecule has 27 heavy (non-hydrogen) atoms. The fraction of sp³-hybridized carbons (Fsp3) is 0.318. The third kappa shape index (κ3) is 3.77. The Kier molecular flexibility index (Phi) is 4.75. The quantitative estimate of drug-likeness (QED) is 0.695. The SMILES string of the molecule is Cc1ccc(C(=O)N2CCC[C@@H](c3nc(-c4ccc(C)cc4)no3)C2)cc1. The molecule has 138 valence electrons. The topological polar surface area (TPSA) is 59.2 Å².